The Morgan fingerprint density at radius 3 is 2.80 bits per heavy atom. The first-order valence-corrected chi connectivity index (χ1v) is 4.98. The normalized spacial score (nSPS) is 11.9. The molecule has 82 valence electrons. The smallest absolute Gasteiger partial charge is 0.253 e. The Kier molecular flexibility index (Phi) is 4.09. The number of methoxy groups -OCH3 is 1. The van der Waals surface area contributed by atoms with Crippen LogP contribution in [-0.4, -0.2) is 24.0 Å². The lowest BCUT2D eigenvalue weighted by atomic mass is 10.2. The Labute approximate surface area is 89.7 Å². The highest BCUT2D eigenvalue weighted by molar-refractivity contribution is 5.94. The summed E-state index contributed by atoms with van der Waals surface area (Å²) in [6.45, 7) is 3.99. The van der Waals surface area contributed by atoms with Crippen LogP contribution < -0.4 is 10.1 Å². The Bertz CT molecular complexity index is 322. The van der Waals surface area contributed by atoms with Crippen LogP contribution in [0, 0.1) is 0 Å². The molecule has 0 fully saturated rings. The average molecular weight is 208 g/mol. The maximum atomic E-state index is 11.6. The van der Waals surface area contributed by atoms with Gasteiger partial charge < -0.3 is 10.1 Å². The van der Waals surface area contributed by atoms with Crippen LogP contribution in [0.1, 0.15) is 30.6 Å². The first kappa shape index (κ1) is 11.5. The van der Waals surface area contributed by atoms with E-state index in [1.807, 2.05) is 13.8 Å². The van der Waals surface area contributed by atoms with E-state index in [4.69, 9.17) is 4.74 Å². The molecule has 15 heavy (non-hydrogen) atoms. The molecule has 0 spiro atoms. The van der Waals surface area contributed by atoms with Crippen molar-refractivity contribution in [2.24, 2.45) is 0 Å². The molecule has 1 atom stereocenters. The van der Waals surface area contributed by atoms with Gasteiger partial charge in [0, 0.05) is 18.3 Å². The molecule has 0 saturated carbocycles. The Morgan fingerprint density at radius 2 is 2.33 bits per heavy atom. The van der Waals surface area contributed by atoms with E-state index in [1.165, 1.54) is 6.20 Å². The molecule has 1 aromatic heterocycles. The number of aromatic nitrogens is 1. The summed E-state index contributed by atoms with van der Waals surface area (Å²) in [6.07, 6.45) is 2.42. The number of carbonyl (C=O) groups excluding carboxylic acids is 1. The van der Waals surface area contributed by atoms with E-state index in [2.05, 4.69) is 10.3 Å². The third-order valence-corrected chi connectivity index (χ3v) is 2.20. The molecular formula is C11H16N2O2. The predicted molar refractivity (Wildman–Crippen MR) is 58.0 cm³/mol. The summed E-state index contributed by atoms with van der Waals surface area (Å²) in [4.78, 5) is 15.6. The molecule has 1 amide bonds. The highest BCUT2D eigenvalue weighted by atomic mass is 16.5. The quantitative estimate of drug-likeness (QED) is 0.818. The van der Waals surface area contributed by atoms with E-state index < -0.39 is 0 Å². The summed E-state index contributed by atoms with van der Waals surface area (Å²) in [5, 5.41) is 2.86. The zero-order chi connectivity index (χ0) is 11.3. The number of nitrogens with zero attached hydrogens (tertiary/aromatic N) is 1. The van der Waals surface area contributed by atoms with Gasteiger partial charge in [-0.3, -0.25) is 4.79 Å². The molecule has 1 rings (SSSR count). The van der Waals surface area contributed by atoms with E-state index in [-0.39, 0.29) is 11.9 Å². The summed E-state index contributed by atoms with van der Waals surface area (Å²) in [5.41, 5.74) is 0.552. The van der Waals surface area contributed by atoms with E-state index >= 15 is 0 Å². The van der Waals surface area contributed by atoms with Crippen molar-refractivity contribution in [1.29, 1.82) is 0 Å². The lowest BCUT2D eigenvalue weighted by Crippen LogP contribution is -2.31. The summed E-state index contributed by atoms with van der Waals surface area (Å²) in [5.74, 6) is 0.412. The summed E-state index contributed by atoms with van der Waals surface area (Å²) >= 11 is 0. The van der Waals surface area contributed by atoms with Crippen molar-refractivity contribution in [1.82, 2.24) is 10.3 Å². The highest BCUT2D eigenvalue weighted by Crippen LogP contribution is 2.06. The fourth-order valence-electron chi connectivity index (χ4n) is 1.04. The second-order valence-electron chi connectivity index (χ2n) is 3.37. The largest absolute Gasteiger partial charge is 0.481 e. The zero-order valence-corrected chi connectivity index (χ0v) is 9.28. The Morgan fingerprint density at radius 1 is 1.60 bits per heavy atom. The molecule has 1 N–H and O–H groups in total. The number of nitrogens with one attached hydrogen (secondary N) is 1. The van der Waals surface area contributed by atoms with Crippen LogP contribution in [0.2, 0.25) is 0 Å². The van der Waals surface area contributed by atoms with Crippen molar-refractivity contribution in [2.45, 2.75) is 26.3 Å². The summed E-state index contributed by atoms with van der Waals surface area (Å²) in [7, 11) is 1.54. The van der Waals surface area contributed by atoms with Crippen molar-refractivity contribution in [3.8, 4) is 5.88 Å². The molecule has 0 aliphatic rings. The fraction of sp³-hybridized carbons (Fsp3) is 0.455. The van der Waals surface area contributed by atoms with Crippen molar-refractivity contribution in [3.63, 3.8) is 0 Å². The van der Waals surface area contributed by atoms with Gasteiger partial charge in [0.2, 0.25) is 5.88 Å². The Hall–Kier alpha value is -1.58. The van der Waals surface area contributed by atoms with Gasteiger partial charge in [-0.25, -0.2) is 4.98 Å². The second kappa shape index (κ2) is 5.34. The highest BCUT2D eigenvalue weighted by Gasteiger charge is 2.08. The molecule has 4 nitrogen and oxygen atoms in total. The topological polar surface area (TPSA) is 51.2 Å². The van der Waals surface area contributed by atoms with Crippen molar-refractivity contribution < 1.29 is 9.53 Å². The van der Waals surface area contributed by atoms with Gasteiger partial charge >= 0.3 is 0 Å². The third kappa shape index (κ3) is 3.23. The van der Waals surface area contributed by atoms with Gasteiger partial charge in [-0.2, -0.15) is 0 Å². The van der Waals surface area contributed by atoms with Gasteiger partial charge in [0.05, 0.1) is 12.7 Å². The van der Waals surface area contributed by atoms with Crippen molar-refractivity contribution in [3.05, 3.63) is 23.9 Å². The lowest BCUT2D eigenvalue weighted by Gasteiger charge is -2.10. The van der Waals surface area contributed by atoms with Gasteiger partial charge in [0.25, 0.3) is 5.91 Å². The van der Waals surface area contributed by atoms with Crippen LogP contribution >= 0.6 is 0 Å². The first-order chi connectivity index (χ1) is 7.17. The number of amides is 1. The molecule has 4 heteroatoms. The van der Waals surface area contributed by atoms with Gasteiger partial charge in [-0.05, 0) is 19.4 Å². The first-order valence-electron chi connectivity index (χ1n) is 4.98. The summed E-state index contributed by atoms with van der Waals surface area (Å²) < 4.78 is 4.91. The number of ether oxygens (including phenoxy) is 1. The van der Waals surface area contributed by atoms with Crippen molar-refractivity contribution in [2.75, 3.05) is 7.11 Å². The maximum absolute atomic E-state index is 11.6. The van der Waals surface area contributed by atoms with Crippen LogP contribution in [0.25, 0.3) is 0 Å². The van der Waals surface area contributed by atoms with Crippen LogP contribution in [0.3, 0.4) is 0 Å². The van der Waals surface area contributed by atoms with Crippen LogP contribution in [0.15, 0.2) is 18.3 Å². The molecule has 1 heterocycles. The molecular weight excluding hydrogens is 192 g/mol. The van der Waals surface area contributed by atoms with E-state index in [0.29, 0.717) is 11.4 Å². The SMILES string of the molecule is CC[C@@H](C)NC(=O)c1ccc(OC)nc1. The molecule has 0 unspecified atom stereocenters. The van der Waals surface area contributed by atoms with Gasteiger partial charge in [-0.15, -0.1) is 0 Å². The standard InChI is InChI=1S/C11H16N2O2/c1-4-8(2)13-11(14)9-5-6-10(15-3)12-7-9/h5-8H,4H2,1-3H3,(H,13,14)/t8-/m1/s1. The monoisotopic (exact) mass is 208 g/mol. The average Bonchev–Trinajstić information content (AvgIpc) is 2.29. The minimum absolute atomic E-state index is 0.0977. The number of hydrogen-bond donors (Lipinski definition) is 1. The van der Waals surface area contributed by atoms with E-state index in [1.54, 1.807) is 19.2 Å². The predicted octanol–water partition coefficient (Wildman–Crippen LogP) is 1.62. The number of rotatable bonds is 4. The Balaban J connectivity index is 2.66. The number of carbonyl (C=O) groups is 1. The van der Waals surface area contributed by atoms with Gasteiger partial charge in [0.1, 0.15) is 0 Å². The van der Waals surface area contributed by atoms with E-state index in [0.717, 1.165) is 6.42 Å². The van der Waals surface area contributed by atoms with Gasteiger partial charge in [0.15, 0.2) is 0 Å². The molecule has 0 bridgehead atoms. The van der Waals surface area contributed by atoms with E-state index in [9.17, 15) is 4.79 Å². The fourth-order valence-corrected chi connectivity index (χ4v) is 1.04. The molecule has 0 radical (unpaired) electrons. The second-order valence-corrected chi connectivity index (χ2v) is 3.37. The van der Waals surface area contributed by atoms with Gasteiger partial charge in [-0.1, -0.05) is 6.92 Å². The van der Waals surface area contributed by atoms with Crippen molar-refractivity contribution >= 4 is 5.91 Å². The molecule has 0 aromatic carbocycles. The zero-order valence-electron chi connectivity index (χ0n) is 9.28. The minimum atomic E-state index is -0.0977. The van der Waals surface area contributed by atoms with Crippen LogP contribution in [0.4, 0.5) is 0 Å². The molecule has 0 saturated heterocycles. The maximum Gasteiger partial charge on any atom is 0.253 e. The van der Waals surface area contributed by atoms with Crippen LogP contribution in [0.5, 0.6) is 5.88 Å². The summed E-state index contributed by atoms with van der Waals surface area (Å²) in [6, 6.07) is 3.55. The number of hydrogen-bond acceptors (Lipinski definition) is 3. The van der Waals surface area contributed by atoms with Crippen LogP contribution in [-0.2, 0) is 0 Å². The molecule has 1 aromatic rings. The molecule has 0 aliphatic heterocycles. The minimum Gasteiger partial charge on any atom is -0.481 e. The lowest BCUT2D eigenvalue weighted by molar-refractivity contribution is 0.0939. The number of pyridine rings is 1. The molecule has 0 aliphatic carbocycles. The third-order valence-electron chi connectivity index (χ3n) is 2.20.